The average Bonchev–Trinajstić information content (AvgIpc) is 2.81. The summed E-state index contributed by atoms with van der Waals surface area (Å²) < 4.78 is 35.0. The Morgan fingerprint density at radius 2 is 1.61 bits per heavy atom. The molecule has 0 aromatic heterocycles. The topological polar surface area (TPSA) is 49.9 Å². The summed E-state index contributed by atoms with van der Waals surface area (Å²) in [6.07, 6.45) is 0. The number of piperazine rings is 1. The van der Waals surface area contributed by atoms with Gasteiger partial charge < -0.3 is 4.74 Å². The third kappa shape index (κ3) is 6.38. The van der Waals surface area contributed by atoms with Gasteiger partial charge in [-0.1, -0.05) is 51.8 Å². The van der Waals surface area contributed by atoms with Gasteiger partial charge in [0.05, 0.1) is 4.90 Å². The molecule has 1 saturated heterocycles. The lowest BCUT2D eigenvalue weighted by Gasteiger charge is -2.34. The lowest BCUT2D eigenvalue weighted by Crippen LogP contribution is -2.48. The Morgan fingerprint density at radius 3 is 2.33 bits per heavy atom. The smallest absolute Gasteiger partial charge is 0.244 e. The minimum absolute atomic E-state index is 0.288. The molecule has 0 N–H and O–H groups in total. The minimum Gasteiger partial charge on any atom is -0.489 e. The number of hydrogen-bond donors (Lipinski definition) is 0. The summed E-state index contributed by atoms with van der Waals surface area (Å²) in [4.78, 5) is 2.55. The second-order valence-electron chi connectivity index (χ2n) is 7.82. The normalized spacial score (nSPS) is 15.5. The molecule has 4 rings (SSSR count). The zero-order chi connectivity index (χ0) is 23.4. The number of halogens is 3. The van der Waals surface area contributed by atoms with Crippen LogP contribution in [0, 0.1) is 0 Å². The van der Waals surface area contributed by atoms with Crippen molar-refractivity contribution in [1.29, 1.82) is 0 Å². The first-order chi connectivity index (χ1) is 15.8. The van der Waals surface area contributed by atoms with Gasteiger partial charge in [-0.25, -0.2) is 8.42 Å². The van der Waals surface area contributed by atoms with E-state index >= 15 is 0 Å². The zero-order valence-electron chi connectivity index (χ0n) is 17.8. The Morgan fingerprint density at radius 1 is 0.879 bits per heavy atom. The van der Waals surface area contributed by atoms with Crippen LogP contribution in [0.25, 0.3) is 0 Å². The molecule has 0 saturated carbocycles. The Hall–Kier alpha value is -1.42. The predicted molar refractivity (Wildman–Crippen MR) is 138 cm³/mol. The van der Waals surface area contributed by atoms with Crippen LogP contribution < -0.4 is 4.74 Å². The second kappa shape index (κ2) is 10.9. The number of sulfonamides is 1. The fraction of sp³-hybridized carbons (Fsp3) is 0.250. The SMILES string of the molecule is O=S(=O)(c1cc(Br)ccc1Br)N1CCN(Cc2cccc(OCc3ccc(Cl)cc3)c2)CC1. The molecule has 9 heteroatoms. The lowest BCUT2D eigenvalue weighted by atomic mass is 10.2. The first-order valence-electron chi connectivity index (χ1n) is 10.4. The average molecular weight is 615 g/mol. The van der Waals surface area contributed by atoms with E-state index in [9.17, 15) is 8.42 Å². The van der Waals surface area contributed by atoms with E-state index in [1.807, 2.05) is 48.5 Å². The van der Waals surface area contributed by atoms with Crippen molar-refractivity contribution in [3.8, 4) is 5.75 Å². The van der Waals surface area contributed by atoms with E-state index in [0.717, 1.165) is 27.9 Å². The largest absolute Gasteiger partial charge is 0.489 e. The van der Waals surface area contributed by atoms with E-state index in [1.165, 1.54) is 0 Å². The molecule has 0 radical (unpaired) electrons. The Balaban J connectivity index is 1.34. The van der Waals surface area contributed by atoms with Crippen LogP contribution in [0.3, 0.4) is 0 Å². The Kier molecular flexibility index (Phi) is 8.15. The molecule has 0 atom stereocenters. The van der Waals surface area contributed by atoms with Crippen LogP contribution in [0.15, 0.2) is 80.6 Å². The molecular formula is C24H23Br2ClN2O3S. The lowest BCUT2D eigenvalue weighted by molar-refractivity contribution is 0.181. The van der Waals surface area contributed by atoms with Crippen LogP contribution >= 0.6 is 43.5 Å². The zero-order valence-corrected chi connectivity index (χ0v) is 22.5. The van der Waals surface area contributed by atoms with Crippen molar-refractivity contribution in [2.75, 3.05) is 26.2 Å². The van der Waals surface area contributed by atoms with Gasteiger partial charge in [0.1, 0.15) is 12.4 Å². The molecule has 0 unspecified atom stereocenters. The summed E-state index contributed by atoms with van der Waals surface area (Å²) in [7, 11) is -3.55. The van der Waals surface area contributed by atoms with Gasteiger partial charge in [-0.05, 0) is 69.5 Å². The monoisotopic (exact) mass is 612 g/mol. The highest BCUT2D eigenvalue weighted by molar-refractivity contribution is 9.11. The number of nitrogens with zero attached hydrogens (tertiary/aromatic N) is 2. The Bertz CT molecular complexity index is 1210. The molecule has 3 aromatic rings. The van der Waals surface area contributed by atoms with Crippen molar-refractivity contribution in [2.24, 2.45) is 0 Å². The van der Waals surface area contributed by atoms with Crippen LogP contribution in [-0.4, -0.2) is 43.8 Å². The number of ether oxygens (including phenoxy) is 1. The highest BCUT2D eigenvalue weighted by Crippen LogP contribution is 2.29. The fourth-order valence-electron chi connectivity index (χ4n) is 3.68. The van der Waals surface area contributed by atoms with Crippen molar-refractivity contribution in [3.63, 3.8) is 0 Å². The van der Waals surface area contributed by atoms with Crippen molar-refractivity contribution in [1.82, 2.24) is 9.21 Å². The summed E-state index contributed by atoms with van der Waals surface area (Å²) in [5.41, 5.74) is 2.19. The Labute approximate surface area is 216 Å². The summed E-state index contributed by atoms with van der Waals surface area (Å²) >= 11 is 12.7. The molecule has 174 valence electrons. The first-order valence-corrected chi connectivity index (χ1v) is 13.9. The van der Waals surface area contributed by atoms with Gasteiger partial charge in [0.25, 0.3) is 0 Å². The molecule has 3 aromatic carbocycles. The number of benzene rings is 3. The molecule has 1 aliphatic rings. The highest BCUT2D eigenvalue weighted by atomic mass is 79.9. The standard InChI is InChI=1S/C24H23Br2ClN2O3S/c25-20-6-9-23(26)24(15-20)33(30,31)29-12-10-28(11-13-29)16-19-2-1-3-22(14-19)32-17-18-4-7-21(27)8-5-18/h1-9,14-15H,10-13,16-17H2. The van der Waals surface area contributed by atoms with E-state index in [0.29, 0.717) is 42.3 Å². The van der Waals surface area contributed by atoms with E-state index in [-0.39, 0.29) is 4.90 Å². The maximum Gasteiger partial charge on any atom is 0.244 e. The van der Waals surface area contributed by atoms with Crippen LogP contribution in [-0.2, 0) is 23.2 Å². The van der Waals surface area contributed by atoms with Crippen molar-refractivity contribution in [2.45, 2.75) is 18.0 Å². The molecule has 1 fully saturated rings. The van der Waals surface area contributed by atoms with Gasteiger partial charge in [0.15, 0.2) is 0 Å². The molecule has 1 aliphatic heterocycles. The third-order valence-electron chi connectivity index (χ3n) is 5.47. The number of rotatable bonds is 7. The fourth-order valence-corrected chi connectivity index (χ4v) is 6.69. The number of hydrogen-bond acceptors (Lipinski definition) is 4. The van der Waals surface area contributed by atoms with Crippen LogP contribution in [0.2, 0.25) is 5.02 Å². The highest BCUT2D eigenvalue weighted by Gasteiger charge is 2.30. The molecule has 0 bridgehead atoms. The first kappa shape index (κ1) is 24.7. The van der Waals surface area contributed by atoms with Gasteiger partial charge in [0, 0.05) is 46.7 Å². The van der Waals surface area contributed by atoms with Crippen LogP contribution in [0.4, 0.5) is 0 Å². The second-order valence-corrected chi connectivity index (χ2v) is 11.9. The minimum atomic E-state index is -3.55. The van der Waals surface area contributed by atoms with Gasteiger partial charge in [-0.3, -0.25) is 4.90 Å². The van der Waals surface area contributed by atoms with Crippen LogP contribution in [0.1, 0.15) is 11.1 Å². The van der Waals surface area contributed by atoms with Crippen molar-refractivity contribution >= 4 is 53.5 Å². The summed E-state index contributed by atoms with van der Waals surface area (Å²) in [6, 6.07) is 20.8. The molecule has 1 heterocycles. The van der Waals surface area contributed by atoms with Crippen molar-refractivity contribution in [3.05, 3.63) is 91.8 Å². The van der Waals surface area contributed by atoms with Gasteiger partial charge in [-0.15, -0.1) is 0 Å². The third-order valence-corrected chi connectivity index (χ3v) is 9.10. The molecule has 33 heavy (non-hydrogen) atoms. The van der Waals surface area contributed by atoms with Gasteiger partial charge in [0.2, 0.25) is 10.0 Å². The summed E-state index contributed by atoms with van der Waals surface area (Å²) in [5.74, 6) is 0.808. The maximum absolute atomic E-state index is 13.1. The predicted octanol–water partition coefficient (Wildman–Crippen LogP) is 5.95. The molecule has 0 amide bonds. The summed E-state index contributed by atoms with van der Waals surface area (Å²) in [5, 5.41) is 0.706. The molecule has 0 aliphatic carbocycles. The van der Waals surface area contributed by atoms with Gasteiger partial charge in [-0.2, -0.15) is 4.31 Å². The molecular weight excluding hydrogens is 592 g/mol. The summed E-state index contributed by atoms with van der Waals surface area (Å²) in [6.45, 7) is 3.46. The molecule has 0 spiro atoms. The van der Waals surface area contributed by atoms with Gasteiger partial charge >= 0.3 is 0 Å². The quantitative estimate of drug-likeness (QED) is 0.330. The van der Waals surface area contributed by atoms with Crippen LogP contribution in [0.5, 0.6) is 5.75 Å². The van der Waals surface area contributed by atoms with E-state index < -0.39 is 10.0 Å². The van der Waals surface area contributed by atoms with Crippen molar-refractivity contribution < 1.29 is 13.2 Å². The maximum atomic E-state index is 13.1. The van der Waals surface area contributed by atoms with E-state index in [2.05, 4.69) is 42.8 Å². The van der Waals surface area contributed by atoms with E-state index in [1.54, 1.807) is 16.4 Å². The van der Waals surface area contributed by atoms with E-state index in [4.69, 9.17) is 16.3 Å². The molecule has 5 nitrogen and oxygen atoms in total.